The summed E-state index contributed by atoms with van der Waals surface area (Å²) in [6.07, 6.45) is 0.395. The summed E-state index contributed by atoms with van der Waals surface area (Å²) in [5, 5.41) is 0. The molecule has 0 bridgehead atoms. The fourth-order valence-electron chi connectivity index (χ4n) is 3.01. The summed E-state index contributed by atoms with van der Waals surface area (Å²) >= 11 is 0. The first-order valence-corrected chi connectivity index (χ1v) is 6.72. The van der Waals surface area contributed by atoms with Crippen molar-refractivity contribution in [2.75, 3.05) is 16.9 Å². The standard InChI is InChI=1S/C15H24N2O/c1-10(2)16-12(5)17(11(3)4)15-9-13(18-6)7-8-14(15)16/h7-12H,1-6H3. The van der Waals surface area contributed by atoms with E-state index in [0.29, 0.717) is 18.2 Å². The monoisotopic (exact) mass is 248 g/mol. The van der Waals surface area contributed by atoms with E-state index in [9.17, 15) is 0 Å². The van der Waals surface area contributed by atoms with Crippen molar-refractivity contribution in [3.8, 4) is 5.75 Å². The van der Waals surface area contributed by atoms with Crippen molar-refractivity contribution in [3.63, 3.8) is 0 Å². The normalized spacial score (nSPS) is 18.8. The van der Waals surface area contributed by atoms with Gasteiger partial charge in [0.15, 0.2) is 0 Å². The van der Waals surface area contributed by atoms with E-state index in [0.717, 1.165) is 5.75 Å². The van der Waals surface area contributed by atoms with Crippen LogP contribution in [0.25, 0.3) is 0 Å². The average molecular weight is 248 g/mol. The van der Waals surface area contributed by atoms with Gasteiger partial charge < -0.3 is 14.5 Å². The highest BCUT2D eigenvalue weighted by atomic mass is 16.5. The molecule has 0 N–H and O–H groups in total. The summed E-state index contributed by atoms with van der Waals surface area (Å²) in [7, 11) is 1.72. The van der Waals surface area contributed by atoms with Crippen LogP contribution in [0.15, 0.2) is 18.2 Å². The summed E-state index contributed by atoms with van der Waals surface area (Å²) in [5.74, 6) is 0.928. The first kappa shape index (κ1) is 13.1. The molecule has 3 nitrogen and oxygen atoms in total. The van der Waals surface area contributed by atoms with E-state index in [1.807, 2.05) is 6.07 Å². The van der Waals surface area contributed by atoms with Gasteiger partial charge in [0.2, 0.25) is 0 Å². The van der Waals surface area contributed by atoms with Crippen LogP contribution in [0.3, 0.4) is 0 Å². The van der Waals surface area contributed by atoms with Gasteiger partial charge in [0.05, 0.1) is 24.7 Å². The van der Waals surface area contributed by atoms with Crippen LogP contribution in [0, 0.1) is 0 Å². The van der Waals surface area contributed by atoms with Crippen molar-refractivity contribution in [3.05, 3.63) is 18.2 Å². The van der Waals surface area contributed by atoms with Gasteiger partial charge in [-0.05, 0) is 46.8 Å². The zero-order valence-corrected chi connectivity index (χ0v) is 12.3. The molecule has 0 fully saturated rings. The van der Waals surface area contributed by atoms with Crippen molar-refractivity contribution >= 4 is 11.4 Å². The molecule has 0 radical (unpaired) electrons. The lowest BCUT2D eigenvalue weighted by Gasteiger charge is -2.35. The second-order valence-corrected chi connectivity index (χ2v) is 5.49. The van der Waals surface area contributed by atoms with Crippen LogP contribution in [-0.2, 0) is 0 Å². The number of fused-ring (bicyclic) bond motifs is 1. The maximum atomic E-state index is 5.35. The van der Waals surface area contributed by atoms with Gasteiger partial charge in [-0.1, -0.05) is 0 Å². The largest absolute Gasteiger partial charge is 0.497 e. The number of methoxy groups -OCH3 is 1. The fraction of sp³-hybridized carbons (Fsp3) is 0.600. The van der Waals surface area contributed by atoms with Crippen LogP contribution in [0.1, 0.15) is 34.6 Å². The molecule has 0 spiro atoms. The molecule has 1 atom stereocenters. The molecule has 0 saturated heterocycles. The molecule has 1 unspecified atom stereocenters. The smallest absolute Gasteiger partial charge is 0.121 e. The maximum Gasteiger partial charge on any atom is 0.121 e. The van der Waals surface area contributed by atoms with Gasteiger partial charge in [0, 0.05) is 18.2 Å². The Morgan fingerprint density at radius 3 is 2.06 bits per heavy atom. The van der Waals surface area contributed by atoms with E-state index in [1.54, 1.807) is 7.11 Å². The Balaban J connectivity index is 2.51. The van der Waals surface area contributed by atoms with Crippen LogP contribution >= 0.6 is 0 Å². The number of benzene rings is 1. The van der Waals surface area contributed by atoms with Gasteiger partial charge in [-0.15, -0.1) is 0 Å². The minimum absolute atomic E-state index is 0.395. The molecule has 0 saturated carbocycles. The third-order valence-electron chi connectivity index (χ3n) is 3.66. The van der Waals surface area contributed by atoms with Crippen LogP contribution < -0.4 is 14.5 Å². The van der Waals surface area contributed by atoms with E-state index in [-0.39, 0.29) is 0 Å². The third kappa shape index (κ3) is 1.92. The summed E-state index contributed by atoms with van der Waals surface area (Å²) in [6, 6.07) is 7.34. The lowest BCUT2D eigenvalue weighted by molar-refractivity contribution is 0.415. The van der Waals surface area contributed by atoms with E-state index >= 15 is 0 Å². The highest BCUT2D eigenvalue weighted by Gasteiger charge is 2.35. The second-order valence-electron chi connectivity index (χ2n) is 5.49. The van der Waals surface area contributed by atoms with Crippen molar-refractivity contribution in [2.45, 2.75) is 52.9 Å². The number of anilines is 2. The van der Waals surface area contributed by atoms with E-state index in [1.165, 1.54) is 11.4 Å². The van der Waals surface area contributed by atoms with Crippen LogP contribution in [0.2, 0.25) is 0 Å². The SMILES string of the molecule is COc1ccc2c(c1)N(C(C)C)C(C)N2C(C)C. The molecule has 1 aromatic carbocycles. The number of ether oxygens (including phenoxy) is 1. The van der Waals surface area contributed by atoms with Gasteiger partial charge in [-0.2, -0.15) is 0 Å². The fourth-order valence-corrected chi connectivity index (χ4v) is 3.01. The lowest BCUT2D eigenvalue weighted by atomic mass is 10.2. The Hall–Kier alpha value is -1.38. The molecule has 2 rings (SSSR count). The summed E-state index contributed by atoms with van der Waals surface area (Å²) in [6.45, 7) is 11.2. The molecule has 1 aliphatic rings. The summed E-state index contributed by atoms with van der Waals surface area (Å²) in [4.78, 5) is 4.92. The molecule has 0 aromatic heterocycles. The van der Waals surface area contributed by atoms with E-state index in [4.69, 9.17) is 4.74 Å². The molecule has 1 aromatic rings. The molecule has 1 aliphatic heterocycles. The molecule has 100 valence electrons. The van der Waals surface area contributed by atoms with Gasteiger partial charge in [-0.25, -0.2) is 0 Å². The van der Waals surface area contributed by atoms with Crippen LogP contribution in [-0.4, -0.2) is 25.4 Å². The van der Waals surface area contributed by atoms with Gasteiger partial charge >= 0.3 is 0 Å². The zero-order valence-electron chi connectivity index (χ0n) is 12.3. The third-order valence-corrected chi connectivity index (χ3v) is 3.66. The van der Waals surface area contributed by atoms with Crippen molar-refractivity contribution < 1.29 is 4.74 Å². The highest BCUT2D eigenvalue weighted by Crippen LogP contribution is 2.43. The molecule has 18 heavy (non-hydrogen) atoms. The number of hydrogen-bond acceptors (Lipinski definition) is 3. The Bertz CT molecular complexity index is 429. The van der Waals surface area contributed by atoms with Crippen molar-refractivity contribution in [1.82, 2.24) is 0 Å². The maximum absolute atomic E-state index is 5.35. The van der Waals surface area contributed by atoms with Crippen LogP contribution in [0.5, 0.6) is 5.75 Å². The van der Waals surface area contributed by atoms with E-state index in [2.05, 4.69) is 56.6 Å². The molecule has 3 heteroatoms. The Kier molecular flexibility index (Phi) is 3.42. The quantitative estimate of drug-likeness (QED) is 0.814. The molecule has 1 heterocycles. The molecular weight excluding hydrogens is 224 g/mol. The van der Waals surface area contributed by atoms with E-state index < -0.39 is 0 Å². The molecular formula is C15H24N2O. The van der Waals surface area contributed by atoms with Gasteiger partial charge in [-0.3, -0.25) is 0 Å². The number of rotatable bonds is 3. The first-order valence-electron chi connectivity index (χ1n) is 6.72. The predicted octanol–water partition coefficient (Wildman–Crippen LogP) is 3.48. The van der Waals surface area contributed by atoms with Gasteiger partial charge in [0.1, 0.15) is 5.75 Å². The summed E-state index contributed by atoms with van der Waals surface area (Å²) in [5.41, 5.74) is 2.59. The van der Waals surface area contributed by atoms with Gasteiger partial charge in [0.25, 0.3) is 0 Å². The Morgan fingerprint density at radius 2 is 1.56 bits per heavy atom. The highest BCUT2D eigenvalue weighted by molar-refractivity contribution is 5.79. The molecule has 0 aliphatic carbocycles. The van der Waals surface area contributed by atoms with Crippen LogP contribution in [0.4, 0.5) is 11.4 Å². The second kappa shape index (κ2) is 4.71. The minimum atomic E-state index is 0.395. The molecule has 0 amide bonds. The zero-order chi connectivity index (χ0) is 13.4. The summed E-state index contributed by atoms with van der Waals surface area (Å²) < 4.78 is 5.35. The minimum Gasteiger partial charge on any atom is -0.497 e. The Morgan fingerprint density at radius 1 is 1.00 bits per heavy atom. The Labute approximate surface area is 110 Å². The topological polar surface area (TPSA) is 15.7 Å². The average Bonchev–Trinajstić information content (AvgIpc) is 2.59. The number of hydrogen-bond donors (Lipinski definition) is 0. The predicted molar refractivity (Wildman–Crippen MR) is 77.7 cm³/mol. The van der Waals surface area contributed by atoms with Crippen molar-refractivity contribution in [2.24, 2.45) is 0 Å². The first-order chi connectivity index (χ1) is 8.47. The number of nitrogens with zero attached hydrogens (tertiary/aromatic N) is 2. The lowest BCUT2D eigenvalue weighted by Crippen LogP contribution is -2.47. The van der Waals surface area contributed by atoms with Crippen molar-refractivity contribution in [1.29, 1.82) is 0 Å².